The third kappa shape index (κ3) is 6.59. The molecule has 4 aromatic rings. The Morgan fingerprint density at radius 2 is 1.86 bits per heavy atom. The van der Waals surface area contributed by atoms with Gasteiger partial charge in [-0.1, -0.05) is 55.5 Å². The first-order valence-corrected chi connectivity index (χ1v) is 12.6. The molecular weight excluding hydrogens is 460 g/mol. The van der Waals surface area contributed by atoms with Crippen LogP contribution in [0.1, 0.15) is 35.9 Å². The summed E-state index contributed by atoms with van der Waals surface area (Å²) in [6, 6.07) is 21.2. The largest absolute Gasteiger partial charge is 0.493 e. The van der Waals surface area contributed by atoms with Gasteiger partial charge in [0.05, 0.1) is 17.2 Å². The Hall–Kier alpha value is -3.42. The van der Waals surface area contributed by atoms with Crippen LogP contribution in [-0.2, 0) is 24.3 Å². The van der Waals surface area contributed by atoms with Gasteiger partial charge in [-0.3, -0.25) is 9.69 Å². The number of aliphatic carboxylic acids is 1. The number of hydrogen-bond acceptors (Lipinski definition) is 6. The second-order valence-corrected chi connectivity index (χ2v) is 9.35. The van der Waals surface area contributed by atoms with Gasteiger partial charge in [0.25, 0.3) is 0 Å². The maximum atomic E-state index is 11.9. The smallest absolute Gasteiger partial charge is 0.320 e. The molecular formula is C28H30N2O4S. The number of rotatable bonds is 12. The fourth-order valence-electron chi connectivity index (χ4n) is 4.08. The van der Waals surface area contributed by atoms with Crippen LogP contribution in [0.4, 0.5) is 0 Å². The van der Waals surface area contributed by atoms with Crippen molar-refractivity contribution in [2.45, 2.75) is 45.8 Å². The van der Waals surface area contributed by atoms with Crippen LogP contribution in [0.5, 0.6) is 5.75 Å². The minimum absolute atomic E-state index is 0.473. The number of oxazole rings is 1. The summed E-state index contributed by atoms with van der Waals surface area (Å²) in [6.07, 6.45) is 1.17. The number of nitrogens with zero attached hydrogens (tertiary/aromatic N) is 2. The quantitative estimate of drug-likeness (QED) is 0.255. The Balaban J connectivity index is 1.40. The zero-order valence-corrected chi connectivity index (χ0v) is 20.8. The van der Waals surface area contributed by atoms with Gasteiger partial charge < -0.3 is 14.3 Å². The molecule has 0 amide bonds. The Kier molecular flexibility index (Phi) is 8.34. The van der Waals surface area contributed by atoms with E-state index in [1.165, 1.54) is 0 Å². The summed E-state index contributed by atoms with van der Waals surface area (Å²) in [5, 5.41) is 11.8. The molecule has 4 rings (SSSR count). The molecule has 0 saturated heterocycles. The second-order valence-electron chi connectivity index (χ2n) is 8.40. The molecule has 182 valence electrons. The van der Waals surface area contributed by atoms with Gasteiger partial charge in [0, 0.05) is 19.5 Å². The van der Waals surface area contributed by atoms with E-state index in [2.05, 4.69) is 4.98 Å². The lowest BCUT2D eigenvalue weighted by Gasteiger charge is -2.28. The molecule has 0 aliphatic carbocycles. The van der Waals surface area contributed by atoms with E-state index >= 15 is 0 Å². The zero-order chi connectivity index (χ0) is 24.6. The average molecular weight is 491 g/mol. The lowest BCUT2D eigenvalue weighted by atomic mass is 10.1. The van der Waals surface area contributed by atoms with Crippen LogP contribution >= 0.6 is 11.3 Å². The number of thiophene rings is 1. The molecule has 2 heterocycles. The third-order valence-electron chi connectivity index (χ3n) is 5.86. The minimum atomic E-state index is -0.805. The van der Waals surface area contributed by atoms with Crippen LogP contribution in [0, 0.1) is 6.92 Å². The highest BCUT2D eigenvalue weighted by Gasteiger charge is 2.24. The van der Waals surface area contributed by atoms with Gasteiger partial charge in [0.2, 0.25) is 5.89 Å². The van der Waals surface area contributed by atoms with Crippen LogP contribution in [0.25, 0.3) is 10.8 Å². The SMILES string of the molecule is CCC(C(=O)O)N(Cc1ccccc1)Cc1cccc(OCCc2nc(-c3cccs3)oc2C)c1. The van der Waals surface area contributed by atoms with E-state index < -0.39 is 12.0 Å². The summed E-state index contributed by atoms with van der Waals surface area (Å²) in [5.74, 6) is 1.41. The summed E-state index contributed by atoms with van der Waals surface area (Å²) >= 11 is 1.60. The standard InChI is InChI=1S/C28H30N2O4S/c1-3-25(28(31)32)30(18-21-9-5-4-6-10-21)19-22-11-7-12-23(17-22)33-15-14-24-20(2)34-27(29-24)26-13-8-16-35-26/h4-13,16-17,25H,3,14-15,18-19H2,1-2H3,(H,31,32). The van der Waals surface area contributed by atoms with Crippen molar-refractivity contribution in [2.24, 2.45) is 0 Å². The number of ether oxygens (including phenoxy) is 1. The van der Waals surface area contributed by atoms with Crippen molar-refractivity contribution in [1.29, 1.82) is 0 Å². The number of carboxylic acid groups (broad SMARTS) is 1. The van der Waals surface area contributed by atoms with E-state index in [0.29, 0.717) is 38.4 Å². The molecule has 0 spiro atoms. The highest BCUT2D eigenvalue weighted by atomic mass is 32.1. The lowest BCUT2D eigenvalue weighted by Crippen LogP contribution is -2.39. The second kappa shape index (κ2) is 11.8. The van der Waals surface area contributed by atoms with E-state index in [1.54, 1.807) is 11.3 Å². The summed E-state index contributed by atoms with van der Waals surface area (Å²) in [6.45, 7) is 5.39. The monoisotopic (exact) mass is 490 g/mol. The Morgan fingerprint density at radius 1 is 1.09 bits per heavy atom. The summed E-state index contributed by atoms with van der Waals surface area (Å²) in [5.41, 5.74) is 2.99. The summed E-state index contributed by atoms with van der Waals surface area (Å²) < 4.78 is 11.8. The maximum absolute atomic E-state index is 11.9. The van der Waals surface area contributed by atoms with Crippen LogP contribution < -0.4 is 4.74 Å². The molecule has 7 heteroatoms. The average Bonchev–Trinajstić information content (AvgIpc) is 3.50. The summed E-state index contributed by atoms with van der Waals surface area (Å²) in [7, 11) is 0. The zero-order valence-electron chi connectivity index (χ0n) is 20.0. The maximum Gasteiger partial charge on any atom is 0.320 e. The van der Waals surface area contributed by atoms with Crippen LogP contribution in [0.2, 0.25) is 0 Å². The molecule has 0 saturated carbocycles. The van der Waals surface area contributed by atoms with Crippen molar-refractivity contribution >= 4 is 17.3 Å². The Morgan fingerprint density at radius 3 is 2.57 bits per heavy atom. The van der Waals surface area contributed by atoms with Crippen molar-refractivity contribution in [2.75, 3.05) is 6.61 Å². The van der Waals surface area contributed by atoms with Gasteiger partial charge in [-0.15, -0.1) is 11.3 Å². The topological polar surface area (TPSA) is 75.8 Å². The number of aromatic nitrogens is 1. The van der Waals surface area contributed by atoms with E-state index in [1.807, 2.05) is 90.9 Å². The number of hydrogen-bond donors (Lipinski definition) is 1. The van der Waals surface area contributed by atoms with E-state index in [4.69, 9.17) is 9.15 Å². The predicted octanol–water partition coefficient (Wildman–Crippen LogP) is 6.20. The minimum Gasteiger partial charge on any atom is -0.493 e. The first-order valence-electron chi connectivity index (χ1n) is 11.8. The molecule has 35 heavy (non-hydrogen) atoms. The number of carboxylic acids is 1. The first-order chi connectivity index (χ1) is 17.0. The fourth-order valence-corrected chi connectivity index (χ4v) is 4.73. The third-order valence-corrected chi connectivity index (χ3v) is 6.72. The van der Waals surface area contributed by atoms with Gasteiger partial charge in [0.1, 0.15) is 17.6 Å². The van der Waals surface area contributed by atoms with Crippen LogP contribution in [-0.4, -0.2) is 33.6 Å². The molecule has 0 radical (unpaired) electrons. The van der Waals surface area contributed by atoms with E-state index in [9.17, 15) is 9.90 Å². The van der Waals surface area contributed by atoms with Crippen molar-refractivity contribution in [3.8, 4) is 16.5 Å². The molecule has 2 aromatic heterocycles. The molecule has 1 N–H and O–H groups in total. The Bertz CT molecular complexity index is 1220. The van der Waals surface area contributed by atoms with Crippen LogP contribution in [0.15, 0.2) is 76.5 Å². The number of carbonyl (C=O) groups is 1. The van der Waals surface area contributed by atoms with Gasteiger partial charge in [0.15, 0.2) is 0 Å². The predicted molar refractivity (Wildman–Crippen MR) is 138 cm³/mol. The normalized spacial score (nSPS) is 12.1. The molecule has 1 atom stereocenters. The Labute approximate surface area is 209 Å². The van der Waals surface area contributed by atoms with Gasteiger partial charge in [-0.2, -0.15) is 0 Å². The van der Waals surface area contributed by atoms with E-state index in [-0.39, 0.29) is 0 Å². The number of aryl methyl sites for hydroxylation is 1. The number of benzene rings is 2. The molecule has 0 fully saturated rings. The van der Waals surface area contributed by atoms with Crippen molar-refractivity contribution < 1.29 is 19.1 Å². The van der Waals surface area contributed by atoms with Crippen molar-refractivity contribution in [3.63, 3.8) is 0 Å². The summed E-state index contributed by atoms with van der Waals surface area (Å²) in [4.78, 5) is 19.6. The molecule has 0 aliphatic heterocycles. The highest BCUT2D eigenvalue weighted by molar-refractivity contribution is 7.13. The highest BCUT2D eigenvalue weighted by Crippen LogP contribution is 2.26. The fraction of sp³-hybridized carbons (Fsp3) is 0.286. The van der Waals surface area contributed by atoms with Crippen LogP contribution in [0.3, 0.4) is 0 Å². The van der Waals surface area contributed by atoms with Gasteiger partial charge in [-0.25, -0.2) is 4.98 Å². The molecule has 0 bridgehead atoms. The molecule has 2 aromatic carbocycles. The first kappa shape index (κ1) is 24.7. The molecule has 1 unspecified atom stereocenters. The molecule has 0 aliphatic rings. The van der Waals surface area contributed by atoms with Gasteiger partial charge in [-0.05, 0) is 48.1 Å². The molecule has 6 nitrogen and oxygen atoms in total. The van der Waals surface area contributed by atoms with E-state index in [0.717, 1.165) is 33.2 Å². The van der Waals surface area contributed by atoms with Crippen molar-refractivity contribution in [1.82, 2.24) is 9.88 Å². The van der Waals surface area contributed by atoms with Crippen molar-refractivity contribution in [3.05, 3.63) is 94.7 Å². The van der Waals surface area contributed by atoms with Gasteiger partial charge >= 0.3 is 5.97 Å². The lowest BCUT2D eigenvalue weighted by molar-refractivity contribution is -0.144.